The normalized spacial score (nSPS) is 15.5. The third-order valence-electron chi connectivity index (χ3n) is 5.77. The zero-order chi connectivity index (χ0) is 22.0. The second kappa shape index (κ2) is 8.60. The van der Waals surface area contributed by atoms with Crippen molar-refractivity contribution >= 4 is 23.4 Å². The number of amides is 1. The number of anilines is 1. The Morgan fingerprint density at radius 3 is 2.53 bits per heavy atom. The molecule has 0 bridgehead atoms. The third-order valence-corrected chi connectivity index (χ3v) is 6.91. The quantitative estimate of drug-likeness (QED) is 0.480. The molecule has 3 aromatic carbocycles. The van der Waals surface area contributed by atoms with Crippen LogP contribution in [0.2, 0.25) is 0 Å². The minimum Gasteiger partial charge on any atom is -0.448 e. The fourth-order valence-corrected chi connectivity index (χ4v) is 5.11. The lowest BCUT2D eigenvalue weighted by Gasteiger charge is -2.21. The van der Waals surface area contributed by atoms with E-state index in [0.717, 1.165) is 41.9 Å². The summed E-state index contributed by atoms with van der Waals surface area (Å²) in [6, 6.07) is 22.8. The molecule has 1 aliphatic heterocycles. The Labute approximate surface area is 191 Å². The monoisotopic (exact) mass is 442 g/mol. The van der Waals surface area contributed by atoms with Gasteiger partial charge in [0.2, 0.25) is 0 Å². The molecule has 1 heterocycles. The number of hydrogen-bond acceptors (Lipinski definition) is 5. The molecule has 160 valence electrons. The Morgan fingerprint density at radius 1 is 1.00 bits per heavy atom. The summed E-state index contributed by atoms with van der Waals surface area (Å²) >= 11 is 1.60. The highest BCUT2D eigenvalue weighted by atomic mass is 32.2. The SMILES string of the molecule is N#Cc1ccc(CSc2ccccc2C(=O)Nc2ccc3c(c2)OC2(CCCC2)O3)cc1. The van der Waals surface area contributed by atoms with Gasteiger partial charge in [0.25, 0.3) is 11.7 Å². The van der Waals surface area contributed by atoms with E-state index < -0.39 is 5.79 Å². The van der Waals surface area contributed by atoms with Crippen LogP contribution in [-0.4, -0.2) is 11.7 Å². The Balaban J connectivity index is 1.28. The average molecular weight is 443 g/mol. The molecule has 0 saturated heterocycles. The van der Waals surface area contributed by atoms with E-state index in [0.29, 0.717) is 28.3 Å². The molecule has 1 N–H and O–H groups in total. The van der Waals surface area contributed by atoms with Gasteiger partial charge in [-0.1, -0.05) is 24.3 Å². The van der Waals surface area contributed by atoms with Crippen LogP contribution in [0.3, 0.4) is 0 Å². The van der Waals surface area contributed by atoms with E-state index in [-0.39, 0.29) is 5.91 Å². The van der Waals surface area contributed by atoms with Crippen LogP contribution in [0.1, 0.15) is 47.2 Å². The van der Waals surface area contributed by atoms with Crippen LogP contribution in [0.4, 0.5) is 5.69 Å². The number of carbonyl (C=O) groups excluding carboxylic acids is 1. The first-order valence-corrected chi connectivity index (χ1v) is 11.7. The maximum absolute atomic E-state index is 13.0. The van der Waals surface area contributed by atoms with Gasteiger partial charge in [-0.2, -0.15) is 5.26 Å². The van der Waals surface area contributed by atoms with Crippen LogP contribution >= 0.6 is 11.8 Å². The second-order valence-electron chi connectivity index (χ2n) is 8.03. The highest BCUT2D eigenvalue weighted by molar-refractivity contribution is 7.98. The van der Waals surface area contributed by atoms with Crippen LogP contribution in [0.15, 0.2) is 71.6 Å². The van der Waals surface area contributed by atoms with Crippen molar-refractivity contribution in [2.45, 2.75) is 42.1 Å². The number of benzene rings is 3. The van der Waals surface area contributed by atoms with Gasteiger partial charge in [0.05, 0.1) is 17.2 Å². The lowest BCUT2D eigenvalue weighted by Crippen LogP contribution is -2.34. The number of ether oxygens (including phenoxy) is 2. The summed E-state index contributed by atoms with van der Waals surface area (Å²) in [5.74, 6) is 1.46. The smallest absolute Gasteiger partial charge is 0.256 e. The number of nitriles is 1. The number of hydrogen-bond donors (Lipinski definition) is 1. The third kappa shape index (κ3) is 4.17. The average Bonchev–Trinajstić information content (AvgIpc) is 3.43. The number of thioether (sulfide) groups is 1. The second-order valence-corrected chi connectivity index (χ2v) is 9.05. The largest absolute Gasteiger partial charge is 0.448 e. The summed E-state index contributed by atoms with van der Waals surface area (Å²) in [6.07, 6.45) is 4.00. The van der Waals surface area contributed by atoms with Crippen molar-refractivity contribution in [3.8, 4) is 17.6 Å². The van der Waals surface area contributed by atoms with Gasteiger partial charge in [0.1, 0.15) is 0 Å². The van der Waals surface area contributed by atoms with Crippen LogP contribution in [0.25, 0.3) is 0 Å². The summed E-state index contributed by atoms with van der Waals surface area (Å²) in [5, 5.41) is 11.9. The van der Waals surface area contributed by atoms with Gasteiger partial charge in [-0.25, -0.2) is 0 Å². The highest BCUT2D eigenvalue weighted by Gasteiger charge is 2.44. The first-order valence-electron chi connectivity index (χ1n) is 10.7. The van der Waals surface area contributed by atoms with Gasteiger partial charge < -0.3 is 14.8 Å². The topological polar surface area (TPSA) is 71.4 Å². The summed E-state index contributed by atoms with van der Waals surface area (Å²) in [4.78, 5) is 13.9. The van der Waals surface area contributed by atoms with Crippen molar-refractivity contribution in [3.05, 3.63) is 83.4 Å². The fraction of sp³-hybridized carbons (Fsp3) is 0.231. The van der Waals surface area contributed by atoms with Crippen LogP contribution in [-0.2, 0) is 5.75 Å². The Kier molecular flexibility index (Phi) is 5.50. The number of nitrogens with zero attached hydrogens (tertiary/aromatic N) is 1. The lowest BCUT2D eigenvalue weighted by atomic mass is 10.2. The molecule has 0 unspecified atom stereocenters. The predicted octanol–water partition coefficient (Wildman–Crippen LogP) is 6.14. The van der Waals surface area contributed by atoms with Crippen molar-refractivity contribution in [2.24, 2.45) is 0 Å². The predicted molar refractivity (Wildman–Crippen MR) is 124 cm³/mol. The summed E-state index contributed by atoms with van der Waals surface area (Å²) in [5.41, 5.74) is 3.04. The highest BCUT2D eigenvalue weighted by Crippen LogP contribution is 2.47. The molecule has 1 fully saturated rings. The van der Waals surface area contributed by atoms with Crippen molar-refractivity contribution in [2.75, 3.05) is 5.32 Å². The standard InChI is InChI=1S/C26H22N2O3S/c27-16-18-7-9-19(10-8-18)17-32-24-6-2-1-5-21(24)25(29)28-20-11-12-22-23(15-20)31-26(30-22)13-3-4-14-26/h1-2,5-12,15H,3-4,13-14,17H2,(H,28,29). The lowest BCUT2D eigenvalue weighted by molar-refractivity contribution is -0.0716. The number of fused-ring (bicyclic) bond motifs is 1. The molecule has 0 radical (unpaired) electrons. The minimum atomic E-state index is -0.514. The molecule has 1 aliphatic carbocycles. The molecule has 1 spiro atoms. The molecule has 2 aliphatic rings. The molecule has 5 rings (SSSR count). The Bertz CT molecular complexity index is 1190. The molecule has 3 aromatic rings. The molecule has 0 atom stereocenters. The minimum absolute atomic E-state index is 0.164. The molecule has 1 amide bonds. The molecule has 1 saturated carbocycles. The van der Waals surface area contributed by atoms with E-state index in [4.69, 9.17) is 14.7 Å². The van der Waals surface area contributed by atoms with E-state index in [1.807, 2.05) is 66.7 Å². The van der Waals surface area contributed by atoms with Crippen molar-refractivity contribution in [1.29, 1.82) is 5.26 Å². The van der Waals surface area contributed by atoms with Gasteiger partial charge in [-0.15, -0.1) is 11.8 Å². The zero-order valence-electron chi connectivity index (χ0n) is 17.5. The Morgan fingerprint density at radius 2 is 1.75 bits per heavy atom. The summed E-state index contributed by atoms with van der Waals surface area (Å²) < 4.78 is 12.2. The van der Waals surface area contributed by atoms with Crippen molar-refractivity contribution in [3.63, 3.8) is 0 Å². The molecule has 5 nitrogen and oxygen atoms in total. The first kappa shape index (κ1) is 20.5. The van der Waals surface area contributed by atoms with Gasteiger partial charge in [0, 0.05) is 35.2 Å². The molecule has 0 aromatic heterocycles. The first-order chi connectivity index (χ1) is 15.6. The number of nitrogens with one attached hydrogen (secondary N) is 1. The fourth-order valence-electron chi connectivity index (χ4n) is 4.10. The van der Waals surface area contributed by atoms with Gasteiger partial charge in [0.15, 0.2) is 11.5 Å². The van der Waals surface area contributed by atoms with Crippen molar-refractivity contribution in [1.82, 2.24) is 0 Å². The number of carbonyl (C=O) groups is 1. The molecule has 32 heavy (non-hydrogen) atoms. The van der Waals surface area contributed by atoms with E-state index in [2.05, 4.69) is 11.4 Å². The van der Waals surface area contributed by atoms with Crippen LogP contribution < -0.4 is 14.8 Å². The van der Waals surface area contributed by atoms with Crippen molar-refractivity contribution < 1.29 is 14.3 Å². The van der Waals surface area contributed by atoms with E-state index in [1.54, 1.807) is 11.8 Å². The summed E-state index contributed by atoms with van der Waals surface area (Å²) in [7, 11) is 0. The van der Waals surface area contributed by atoms with Crippen LogP contribution in [0, 0.1) is 11.3 Å². The maximum atomic E-state index is 13.0. The molecular weight excluding hydrogens is 420 g/mol. The van der Waals surface area contributed by atoms with Crippen LogP contribution in [0.5, 0.6) is 11.5 Å². The summed E-state index contributed by atoms with van der Waals surface area (Å²) in [6.45, 7) is 0. The Hall–Kier alpha value is -3.43. The van der Waals surface area contributed by atoms with Gasteiger partial charge in [-0.05, 0) is 54.8 Å². The zero-order valence-corrected chi connectivity index (χ0v) is 18.3. The molecular formula is C26H22N2O3S. The molecule has 6 heteroatoms. The maximum Gasteiger partial charge on any atom is 0.256 e. The van der Waals surface area contributed by atoms with Gasteiger partial charge in [-0.3, -0.25) is 4.79 Å². The van der Waals surface area contributed by atoms with Gasteiger partial charge >= 0.3 is 0 Å². The van der Waals surface area contributed by atoms with E-state index >= 15 is 0 Å². The van der Waals surface area contributed by atoms with E-state index in [9.17, 15) is 4.79 Å². The van der Waals surface area contributed by atoms with E-state index in [1.165, 1.54) is 0 Å². The number of rotatable bonds is 5.